The Morgan fingerprint density at radius 3 is 1.61 bits per heavy atom. The number of fused-ring (bicyclic) bond motifs is 3. The van der Waals surface area contributed by atoms with Crippen LogP contribution in [0.4, 0.5) is 0 Å². The molecule has 0 atom stereocenters. The van der Waals surface area contributed by atoms with Crippen molar-refractivity contribution >= 4 is 0 Å². The molecular weight excluding hydrogens is 218 g/mol. The van der Waals surface area contributed by atoms with Gasteiger partial charge in [-0.15, -0.1) is 0 Å². The summed E-state index contributed by atoms with van der Waals surface area (Å²) in [5.74, 6) is 0. The Bertz CT molecular complexity index is 484. The van der Waals surface area contributed by atoms with Gasteiger partial charge in [-0.3, -0.25) is 4.90 Å². The fourth-order valence-corrected chi connectivity index (χ4v) is 3.41. The summed E-state index contributed by atoms with van der Waals surface area (Å²) in [6, 6.07) is 18.5. The Kier molecular flexibility index (Phi) is 2.27. The summed E-state index contributed by atoms with van der Waals surface area (Å²) < 4.78 is 0. The lowest BCUT2D eigenvalue weighted by Crippen LogP contribution is -2.44. The largest absolute Gasteiger partial charge is 0.291 e. The molecule has 0 bridgehead atoms. The summed E-state index contributed by atoms with van der Waals surface area (Å²) in [6.07, 6.45) is 2.43. The molecule has 1 heteroatoms. The highest BCUT2D eigenvalue weighted by Gasteiger charge is 2.30. The van der Waals surface area contributed by atoms with Crippen LogP contribution in [0.2, 0.25) is 0 Å². The summed E-state index contributed by atoms with van der Waals surface area (Å²) in [5, 5.41) is 0. The molecule has 0 amide bonds. The first-order chi connectivity index (χ1) is 8.90. The molecule has 2 aliphatic rings. The molecule has 4 rings (SSSR count). The molecule has 0 spiro atoms. The molecule has 0 aromatic heterocycles. The molecule has 2 aliphatic heterocycles. The molecule has 0 saturated heterocycles. The van der Waals surface area contributed by atoms with E-state index in [1.54, 1.807) is 11.1 Å². The van der Waals surface area contributed by atoms with Crippen LogP contribution in [0, 0.1) is 0 Å². The van der Waals surface area contributed by atoms with Gasteiger partial charge in [-0.1, -0.05) is 48.5 Å². The van der Waals surface area contributed by atoms with Gasteiger partial charge in [0.1, 0.15) is 0 Å². The predicted molar refractivity (Wildman–Crippen MR) is 73.3 cm³/mol. The van der Waals surface area contributed by atoms with E-state index < -0.39 is 0 Å². The summed E-state index contributed by atoms with van der Waals surface area (Å²) in [4.78, 5) is 2.64. The third-order valence-electron chi connectivity index (χ3n) is 4.41. The topological polar surface area (TPSA) is 3.24 Å². The molecule has 2 heterocycles. The maximum Gasteiger partial charge on any atom is 0.0243 e. The maximum absolute atomic E-state index is 2.64. The standard InChI is InChI=1S/C17H17N/c1-3-7-15-11-18-12-16-8-4-2-6-14(16)10-17(18)9-13(15)5-1/h1-8,17H,9-12H2. The van der Waals surface area contributed by atoms with Crippen molar-refractivity contribution in [2.45, 2.75) is 32.0 Å². The Morgan fingerprint density at radius 2 is 1.11 bits per heavy atom. The van der Waals surface area contributed by atoms with E-state index in [2.05, 4.69) is 53.4 Å². The molecule has 0 radical (unpaired) electrons. The summed E-state index contributed by atoms with van der Waals surface area (Å²) in [6.45, 7) is 2.24. The van der Waals surface area contributed by atoms with Crippen LogP contribution >= 0.6 is 0 Å². The minimum Gasteiger partial charge on any atom is -0.291 e. The molecule has 2 aromatic rings. The quantitative estimate of drug-likeness (QED) is 0.678. The van der Waals surface area contributed by atoms with E-state index in [-0.39, 0.29) is 0 Å². The van der Waals surface area contributed by atoms with E-state index in [1.165, 1.54) is 24.0 Å². The van der Waals surface area contributed by atoms with Gasteiger partial charge in [-0.25, -0.2) is 0 Å². The van der Waals surface area contributed by atoms with Gasteiger partial charge in [0.25, 0.3) is 0 Å². The molecule has 0 saturated carbocycles. The van der Waals surface area contributed by atoms with Crippen molar-refractivity contribution in [3.8, 4) is 0 Å². The van der Waals surface area contributed by atoms with E-state index in [0.29, 0.717) is 6.04 Å². The van der Waals surface area contributed by atoms with Gasteiger partial charge in [0.2, 0.25) is 0 Å². The zero-order valence-corrected chi connectivity index (χ0v) is 10.5. The second kappa shape index (κ2) is 3.96. The first-order valence-corrected chi connectivity index (χ1v) is 6.78. The van der Waals surface area contributed by atoms with Gasteiger partial charge in [0.15, 0.2) is 0 Å². The lowest BCUT2D eigenvalue weighted by Gasteiger charge is -2.41. The molecule has 0 unspecified atom stereocenters. The fourth-order valence-electron chi connectivity index (χ4n) is 3.41. The first-order valence-electron chi connectivity index (χ1n) is 6.78. The average Bonchev–Trinajstić information content (AvgIpc) is 2.42. The van der Waals surface area contributed by atoms with E-state index in [9.17, 15) is 0 Å². The van der Waals surface area contributed by atoms with Crippen molar-refractivity contribution in [3.63, 3.8) is 0 Å². The second-order valence-corrected chi connectivity index (χ2v) is 5.50. The molecule has 90 valence electrons. The third-order valence-corrected chi connectivity index (χ3v) is 4.41. The van der Waals surface area contributed by atoms with Crippen LogP contribution in [-0.4, -0.2) is 10.9 Å². The van der Waals surface area contributed by atoms with E-state index in [1.807, 2.05) is 0 Å². The van der Waals surface area contributed by atoms with Gasteiger partial charge < -0.3 is 0 Å². The smallest absolute Gasteiger partial charge is 0.0243 e. The molecule has 0 aliphatic carbocycles. The Balaban J connectivity index is 1.70. The van der Waals surface area contributed by atoms with Gasteiger partial charge >= 0.3 is 0 Å². The van der Waals surface area contributed by atoms with Crippen LogP contribution in [0.3, 0.4) is 0 Å². The highest BCUT2D eigenvalue weighted by Crippen LogP contribution is 2.31. The van der Waals surface area contributed by atoms with Gasteiger partial charge in [0, 0.05) is 19.1 Å². The van der Waals surface area contributed by atoms with Crippen LogP contribution in [0.1, 0.15) is 22.3 Å². The monoisotopic (exact) mass is 235 g/mol. The average molecular weight is 235 g/mol. The van der Waals surface area contributed by atoms with Crippen molar-refractivity contribution < 1.29 is 0 Å². The van der Waals surface area contributed by atoms with Crippen LogP contribution in [0.5, 0.6) is 0 Å². The van der Waals surface area contributed by atoms with Crippen molar-refractivity contribution in [2.24, 2.45) is 0 Å². The Labute approximate surface area is 108 Å². The minimum absolute atomic E-state index is 0.704. The molecule has 0 fully saturated rings. The zero-order valence-electron chi connectivity index (χ0n) is 10.5. The predicted octanol–water partition coefficient (Wildman–Crippen LogP) is 3.17. The molecule has 1 nitrogen and oxygen atoms in total. The lowest BCUT2D eigenvalue weighted by molar-refractivity contribution is 0.148. The Morgan fingerprint density at radius 1 is 0.667 bits per heavy atom. The molecule has 0 N–H and O–H groups in total. The van der Waals surface area contributed by atoms with Crippen LogP contribution in [0.15, 0.2) is 48.5 Å². The number of hydrogen-bond acceptors (Lipinski definition) is 1. The third kappa shape index (κ3) is 1.58. The van der Waals surface area contributed by atoms with Crippen molar-refractivity contribution in [2.75, 3.05) is 0 Å². The maximum atomic E-state index is 2.64. The molecular formula is C17H17N. The SMILES string of the molecule is c1ccc2c(c1)CC1Cc3ccccc3CN1C2. The minimum atomic E-state index is 0.704. The first kappa shape index (κ1) is 10.3. The van der Waals surface area contributed by atoms with Crippen LogP contribution in [0.25, 0.3) is 0 Å². The normalized spacial score (nSPS) is 18.9. The van der Waals surface area contributed by atoms with Gasteiger partial charge in [-0.2, -0.15) is 0 Å². The van der Waals surface area contributed by atoms with Crippen LogP contribution in [-0.2, 0) is 25.9 Å². The number of hydrogen-bond donors (Lipinski definition) is 0. The van der Waals surface area contributed by atoms with E-state index in [4.69, 9.17) is 0 Å². The van der Waals surface area contributed by atoms with Crippen molar-refractivity contribution in [3.05, 3.63) is 70.8 Å². The van der Waals surface area contributed by atoms with E-state index in [0.717, 1.165) is 13.1 Å². The molecule has 18 heavy (non-hydrogen) atoms. The van der Waals surface area contributed by atoms with Gasteiger partial charge in [0.05, 0.1) is 0 Å². The zero-order chi connectivity index (χ0) is 11.9. The van der Waals surface area contributed by atoms with Crippen LogP contribution < -0.4 is 0 Å². The van der Waals surface area contributed by atoms with Gasteiger partial charge in [-0.05, 0) is 35.1 Å². The number of rotatable bonds is 0. The Hall–Kier alpha value is -1.60. The summed E-state index contributed by atoms with van der Waals surface area (Å²) in [7, 11) is 0. The van der Waals surface area contributed by atoms with Crippen molar-refractivity contribution in [1.82, 2.24) is 4.90 Å². The lowest BCUT2D eigenvalue weighted by atomic mass is 9.85. The fraction of sp³-hybridized carbons (Fsp3) is 0.294. The number of nitrogens with zero attached hydrogens (tertiary/aromatic N) is 1. The van der Waals surface area contributed by atoms with Crippen molar-refractivity contribution in [1.29, 1.82) is 0 Å². The van der Waals surface area contributed by atoms with E-state index >= 15 is 0 Å². The summed E-state index contributed by atoms with van der Waals surface area (Å²) >= 11 is 0. The number of benzene rings is 2. The second-order valence-electron chi connectivity index (χ2n) is 5.50. The molecule has 2 aromatic carbocycles. The summed E-state index contributed by atoms with van der Waals surface area (Å²) in [5.41, 5.74) is 6.15. The highest BCUT2D eigenvalue weighted by molar-refractivity contribution is 5.35. The highest BCUT2D eigenvalue weighted by atomic mass is 15.2.